The number of nitrogens with zero attached hydrogens (tertiary/aromatic N) is 2. The fourth-order valence-corrected chi connectivity index (χ4v) is 2.39. The first-order chi connectivity index (χ1) is 9.99. The molecule has 0 radical (unpaired) electrons. The average Bonchev–Trinajstić information content (AvgIpc) is 2.38. The third kappa shape index (κ3) is 4.06. The maximum Gasteiger partial charge on any atom is 0.126 e. The van der Waals surface area contributed by atoms with Crippen molar-refractivity contribution < 1.29 is 8.78 Å². The van der Waals surface area contributed by atoms with Gasteiger partial charge in [0.05, 0.1) is 5.69 Å². The second-order valence-corrected chi connectivity index (χ2v) is 5.14. The molecule has 0 saturated heterocycles. The summed E-state index contributed by atoms with van der Waals surface area (Å²) in [6, 6.07) is 9.01. The summed E-state index contributed by atoms with van der Waals surface area (Å²) in [5, 5.41) is 0. The van der Waals surface area contributed by atoms with Gasteiger partial charge in [-0.05, 0) is 43.8 Å². The van der Waals surface area contributed by atoms with Gasteiger partial charge in [0, 0.05) is 30.9 Å². The summed E-state index contributed by atoms with van der Waals surface area (Å²) in [5.41, 5.74) is 8.14. The molecule has 0 aliphatic carbocycles. The second-order valence-electron chi connectivity index (χ2n) is 5.14. The van der Waals surface area contributed by atoms with E-state index in [4.69, 9.17) is 5.73 Å². The van der Waals surface area contributed by atoms with Gasteiger partial charge in [-0.3, -0.25) is 9.88 Å². The lowest BCUT2D eigenvalue weighted by atomic mass is 10.0. The van der Waals surface area contributed by atoms with Gasteiger partial charge in [-0.25, -0.2) is 8.78 Å². The van der Waals surface area contributed by atoms with E-state index in [1.54, 1.807) is 0 Å². The number of pyridine rings is 1. The minimum Gasteiger partial charge on any atom is -0.329 e. The van der Waals surface area contributed by atoms with Crippen LogP contribution in [0.2, 0.25) is 0 Å². The molecule has 0 amide bonds. The van der Waals surface area contributed by atoms with Crippen LogP contribution in [0.4, 0.5) is 8.78 Å². The van der Waals surface area contributed by atoms with Crippen molar-refractivity contribution in [1.82, 2.24) is 9.88 Å². The lowest BCUT2D eigenvalue weighted by Crippen LogP contribution is -2.30. The molecule has 2 aromatic rings. The van der Waals surface area contributed by atoms with Crippen LogP contribution in [0.25, 0.3) is 0 Å². The van der Waals surface area contributed by atoms with Gasteiger partial charge in [-0.1, -0.05) is 6.07 Å². The van der Waals surface area contributed by atoms with Crippen molar-refractivity contribution in [3.63, 3.8) is 0 Å². The molecule has 1 heterocycles. The highest BCUT2D eigenvalue weighted by atomic mass is 19.1. The smallest absolute Gasteiger partial charge is 0.126 e. The van der Waals surface area contributed by atoms with E-state index in [1.807, 2.05) is 37.1 Å². The number of halogens is 2. The number of aromatic nitrogens is 1. The van der Waals surface area contributed by atoms with Crippen molar-refractivity contribution in [3.05, 3.63) is 65.0 Å². The van der Waals surface area contributed by atoms with Gasteiger partial charge < -0.3 is 5.73 Å². The van der Waals surface area contributed by atoms with E-state index in [0.29, 0.717) is 12.1 Å². The van der Waals surface area contributed by atoms with Crippen molar-refractivity contribution in [2.24, 2.45) is 5.73 Å². The molecule has 3 nitrogen and oxygen atoms in total. The van der Waals surface area contributed by atoms with Gasteiger partial charge in [-0.2, -0.15) is 0 Å². The number of aryl methyl sites for hydroxylation is 1. The molecule has 0 aliphatic rings. The molecule has 0 aliphatic heterocycles. The molecule has 0 bridgehead atoms. The Balaban J connectivity index is 2.20. The van der Waals surface area contributed by atoms with E-state index in [0.717, 1.165) is 17.5 Å². The first kappa shape index (κ1) is 15.5. The van der Waals surface area contributed by atoms with Crippen LogP contribution in [0, 0.1) is 18.6 Å². The van der Waals surface area contributed by atoms with E-state index in [2.05, 4.69) is 4.98 Å². The lowest BCUT2D eigenvalue weighted by molar-refractivity contribution is 0.238. The van der Waals surface area contributed by atoms with Gasteiger partial charge in [0.15, 0.2) is 0 Å². The molecular formula is C16H19F2N3. The van der Waals surface area contributed by atoms with E-state index in [9.17, 15) is 8.78 Å². The SMILES string of the molecule is Cc1cccc(CN(C)C(CN)c2cc(F)cc(F)c2)n1. The minimum atomic E-state index is -0.592. The summed E-state index contributed by atoms with van der Waals surface area (Å²) < 4.78 is 26.7. The molecule has 112 valence electrons. The van der Waals surface area contributed by atoms with Crippen LogP contribution in [-0.2, 0) is 6.54 Å². The summed E-state index contributed by atoms with van der Waals surface area (Å²) in [7, 11) is 1.87. The highest BCUT2D eigenvalue weighted by molar-refractivity contribution is 5.22. The normalized spacial score (nSPS) is 12.7. The minimum absolute atomic E-state index is 0.266. The Morgan fingerprint density at radius 1 is 1.19 bits per heavy atom. The average molecular weight is 291 g/mol. The first-order valence-electron chi connectivity index (χ1n) is 6.78. The monoisotopic (exact) mass is 291 g/mol. The molecule has 0 spiro atoms. The molecule has 2 rings (SSSR count). The molecule has 5 heteroatoms. The lowest BCUT2D eigenvalue weighted by Gasteiger charge is -2.27. The summed E-state index contributed by atoms with van der Waals surface area (Å²) in [5.74, 6) is -1.18. The maximum absolute atomic E-state index is 13.4. The number of hydrogen-bond donors (Lipinski definition) is 1. The zero-order valence-corrected chi connectivity index (χ0v) is 12.2. The van der Waals surface area contributed by atoms with Gasteiger partial charge in [-0.15, -0.1) is 0 Å². The topological polar surface area (TPSA) is 42.1 Å². The molecule has 1 unspecified atom stereocenters. The maximum atomic E-state index is 13.4. The van der Waals surface area contributed by atoms with Crippen LogP contribution in [0.1, 0.15) is 23.0 Å². The Kier molecular flexibility index (Phi) is 4.98. The van der Waals surface area contributed by atoms with Gasteiger partial charge >= 0.3 is 0 Å². The van der Waals surface area contributed by atoms with Crippen LogP contribution in [0.5, 0.6) is 0 Å². The largest absolute Gasteiger partial charge is 0.329 e. The van der Waals surface area contributed by atoms with Crippen LogP contribution in [-0.4, -0.2) is 23.5 Å². The number of hydrogen-bond acceptors (Lipinski definition) is 3. The Morgan fingerprint density at radius 3 is 2.43 bits per heavy atom. The Bertz CT molecular complexity index is 596. The predicted octanol–water partition coefficient (Wildman–Crippen LogP) is 2.80. The van der Waals surface area contributed by atoms with Crippen molar-refractivity contribution in [2.75, 3.05) is 13.6 Å². The Morgan fingerprint density at radius 2 is 1.86 bits per heavy atom. The Hall–Kier alpha value is -1.85. The van der Waals surface area contributed by atoms with Gasteiger partial charge in [0.1, 0.15) is 11.6 Å². The Labute approximate surface area is 123 Å². The second kappa shape index (κ2) is 6.74. The summed E-state index contributed by atoms with van der Waals surface area (Å²) in [6.07, 6.45) is 0. The van der Waals surface area contributed by atoms with E-state index in [-0.39, 0.29) is 12.6 Å². The van der Waals surface area contributed by atoms with Gasteiger partial charge in [0.25, 0.3) is 0 Å². The van der Waals surface area contributed by atoms with Crippen LogP contribution in [0.15, 0.2) is 36.4 Å². The van der Waals surface area contributed by atoms with Crippen LogP contribution in [0.3, 0.4) is 0 Å². The number of rotatable bonds is 5. The van der Waals surface area contributed by atoms with E-state index in [1.165, 1.54) is 12.1 Å². The number of nitrogens with two attached hydrogens (primary N) is 1. The van der Waals surface area contributed by atoms with Gasteiger partial charge in [0.2, 0.25) is 0 Å². The van der Waals surface area contributed by atoms with Crippen molar-refractivity contribution in [3.8, 4) is 0 Å². The standard InChI is InChI=1S/C16H19F2N3/c1-11-4-3-5-15(20-11)10-21(2)16(9-19)12-6-13(17)8-14(18)7-12/h3-8,16H,9-10,19H2,1-2H3. The van der Waals surface area contributed by atoms with Crippen molar-refractivity contribution >= 4 is 0 Å². The zero-order valence-electron chi connectivity index (χ0n) is 12.2. The molecule has 0 fully saturated rings. The van der Waals surface area contributed by atoms with Crippen LogP contribution < -0.4 is 5.73 Å². The predicted molar refractivity (Wildman–Crippen MR) is 78.6 cm³/mol. The summed E-state index contributed by atoms with van der Waals surface area (Å²) >= 11 is 0. The molecule has 1 aromatic carbocycles. The van der Waals surface area contributed by atoms with Crippen molar-refractivity contribution in [1.29, 1.82) is 0 Å². The highest BCUT2D eigenvalue weighted by Crippen LogP contribution is 2.22. The van der Waals surface area contributed by atoms with Crippen LogP contribution >= 0.6 is 0 Å². The summed E-state index contributed by atoms with van der Waals surface area (Å²) in [6.45, 7) is 2.75. The fourth-order valence-electron chi connectivity index (χ4n) is 2.39. The quantitative estimate of drug-likeness (QED) is 0.921. The first-order valence-corrected chi connectivity index (χ1v) is 6.78. The van der Waals surface area contributed by atoms with Crippen molar-refractivity contribution in [2.45, 2.75) is 19.5 Å². The zero-order chi connectivity index (χ0) is 15.4. The third-order valence-corrected chi connectivity index (χ3v) is 3.38. The molecule has 1 aromatic heterocycles. The molecule has 21 heavy (non-hydrogen) atoms. The molecule has 1 atom stereocenters. The van der Waals surface area contributed by atoms with E-state index >= 15 is 0 Å². The van der Waals surface area contributed by atoms with E-state index < -0.39 is 11.6 Å². The highest BCUT2D eigenvalue weighted by Gasteiger charge is 2.18. The number of benzene rings is 1. The molecule has 2 N–H and O–H groups in total. The number of likely N-dealkylation sites (N-methyl/N-ethyl adjacent to an activating group) is 1. The fraction of sp³-hybridized carbons (Fsp3) is 0.312. The summed E-state index contributed by atoms with van der Waals surface area (Å²) in [4.78, 5) is 6.37. The molecular weight excluding hydrogens is 272 g/mol. The molecule has 0 saturated carbocycles. The third-order valence-electron chi connectivity index (χ3n) is 3.38.